The summed E-state index contributed by atoms with van der Waals surface area (Å²) in [6, 6.07) is 30.8. The van der Waals surface area contributed by atoms with E-state index in [0.717, 1.165) is 32.0 Å². The first-order chi connectivity index (χ1) is 13.3. The first kappa shape index (κ1) is 18.0. The molecule has 134 valence electrons. The van der Waals surface area contributed by atoms with Crippen molar-refractivity contribution in [3.63, 3.8) is 0 Å². The van der Waals surface area contributed by atoms with Crippen LogP contribution in [0, 0.1) is 0 Å². The van der Waals surface area contributed by atoms with Gasteiger partial charge in [0, 0.05) is 5.30 Å². The van der Waals surface area contributed by atoms with Gasteiger partial charge in [-0.05, 0) is 44.9 Å². The Morgan fingerprint density at radius 2 is 1.41 bits per heavy atom. The van der Waals surface area contributed by atoms with Crippen LogP contribution in [0.15, 0.2) is 95.5 Å². The molecule has 0 heterocycles. The van der Waals surface area contributed by atoms with Gasteiger partial charge in [-0.2, -0.15) is 0 Å². The number of hydrogen-bond acceptors (Lipinski definition) is 2. The van der Waals surface area contributed by atoms with Crippen molar-refractivity contribution in [3.8, 4) is 11.5 Å². The Hall–Kier alpha value is -2.35. The van der Waals surface area contributed by atoms with E-state index in [2.05, 4.69) is 52.3 Å². The predicted octanol–water partition coefficient (Wildman–Crippen LogP) is 6.04. The molecule has 0 radical (unpaired) electrons. The maximum absolute atomic E-state index is 6.61. The molecule has 0 bridgehead atoms. The lowest BCUT2D eigenvalue weighted by molar-refractivity contribution is 0.418. The third-order valence-corrected chi connectivity index (χ3v) is 7.08. The van der Waals surface area contributed by atoms with E-state index >= 15 is 0 Å². The quantitative estimate of drug-likeness (QED) is 0.355. The molecule has 2 nitrogen and oxygen atoms in total. The smallest absolute Gasteiger partial charge is 0.154 e. The fourth-order valence-electron chi connectivity index (χ4n) is 2.98. The van der Waals surface area contributed by atoms with Gasteiger partial charge in [0.1, 0.15) is 11.5 Å². The van der Waals surface area contributed by atoms with E-state index in [9.17, 15) is 0 Å². The molecular formula is C23H18BrO2P. The fraction of sp³-hybridized carbons (Fsp3) is 0.0435. The zero-order valence-electron chi connectivity index (χ0n) is 14.8. The summed E-state index contributed by atoms with van der Waals surface area (Å²) >= 11 is 3.75. The van der Waals surface area contributed by atoms with Gasteiger partial charge in [-0.1, -0.05) is 72.8 Å². The van der Waals surface area contributed by atoms with Crippen LogP contribution in [-0.4, -0.2) is 7.11 Å². The average molecular weight is 437 g/mol. The molecule has 4 heteroatoms. The molecule has 0 aliphatic rings. The van der Waals surface area contributed by atoms with Gasteiger partial charge in [0.15, 0.2) is 8.15 Å². The van der Waals surface area contributed by atoms with E-state index in [0.29, 0.717) is 0 Å². The lowest BCUT2D eigenvalue weighted by atomic mass is 10.1. The first-order valence-corrected chi connectivity index (χ1v) is 10.7. The van der Waals surface area contributed by atoms with Gasteiger partial charge in [-0.15, -0.1) is 0 Å². The highest BCUT2D eigenvalue weighted by atomic mass is 79.9. The molecule has 4 aromatic carbocycles. The van der Waals surface area contributed by atoms with Crippen LogP contribution in [0.4, 0.5) is 0 Å². The van der Waals surface area contributed by atoms with Gasteiger partial charge in [-0.25, -0.2) is 0 Å². The lowest BCUT2D eigenvalue weighted by Crippen LogP contribution is -2.17. The van der Waals surface area contributed by atoms with Crippen LogP contribution in [0.3, 0.4) is 0 Å². The largest absolute Gasteiger partial charge is 0.496 e. The van der Waals surface area contributed by atoms with Gasteiger partial charge >= 0.3 is 0 Å². The van der Waals surface area contributed by atoms with Crippen LogP contribution in [-0.2, 0) is 0 Å². The Kier molecular flexibility index (Phi) is 5.42. The average Bonchev–Trinajstić information content (AvgIpc) is 2.74. The Bertz CT molecular complexity index is 1070. The van der Waals surface area contributed by atoms with Gasteiger partial charge in [0.05, 0.1) is 16.9 Å². The molecule has 0 amide bonds. The molecule has 0 N–H and O–H groups in total. The SMILES string of the molecule is COc1ccccc1P(Oc1ccc2ccccc2c1Br)c1ccccc1. The molecule has 27 heavy (non-hydrogen) atoms. The molecule has 0 aromatic heterocycles. The van der Waals surface area contributed by atoms with E-state index in [-0.39, 0.29) is 0 Å². The third-order valence-electron chi connectivity index (χ3n) is 4.31. The number of methoxy groups -OCH3 is 1. The Balaban J connectivity index is 1.82. The highest BCUT2D eigenvalue weighted by Crippen LogP contribution is 2.43. The monoisotopic (exact) mass is 436 g/mol. The third kappa shape index (κ3) is 3.71. The van der Waals surface area contributed by atoms with Gasteiger partial charge in [-0.3, -0.25) is 0 Å². The molecule has 0 fully saturated rings. The summed E-state index contributed by atoms with van der Waals surface area (Å²) in [6.07, 6.45) is 0. The second-order valence-corrected chi connectivity index (χ2v) is 8.55. The van der Waals surface area contributed by atoms with Crippen molar-refractivity contribution in [1.82, 2.24) is 0 Å². The van der Waals surface area contributed by atoms with Crippen LogP contribution in [0.2, 0.25) is 0 Å². The summed E-state index contributed by atoms with van der Waals surface area (Å²) in [7, 11) is 0.617. The van der Waals surface area contributed by atoms with E-state index in [4.69, 9.17) is 9.26 Å². The Morgan fingerprint density at radius 3 is 2.22 bits per heavy atom. The summed E-state index contributed by atoms with van der Waals surface area (Å²) in [5, 5.41) is 4.51. The summed E-state index contributed by atoms with van der Waals surface area (Å²) in [6.45, 7) is 0. The molecule has 0 saturated heterocycles. The van der Waals surface area contributed by atoms with Crippen LogP contribution >= 0.6 is 24.1 Å². The number of halogens is 1. The maximum Gasteiger partial charge on any atom is 0.154 e. The highest BCUT2D eigenvalue weighted by molar-refractivity contribution is 9.10. The van der Waals surface area contributed by atoms with Crippen LogP contribution in [0.1, 0.15) is 0 Å². The standard InChI is InChI=1S/C23H18BrO2P/c1-25-20-13-7-8-14-22(20)27(18-10-3-2-4-11-18)26-21-16-15-17-9-5-6-12-19(17)23(21)24/h2-16H,1H3. The fourth-order valence-corrected chi connectivity index (χ4v) is 5.54. The molecular weight excluding hydrogens is 419 g/mol. The van der Waals surface area contributed by atoms with Crippen molar-refractivity contribution < 1.29 is 9.26 Å². The molecule has 1 atom stereocenters. The Labute approximate surface area is 168 Å². The number of rotatable bonds is 5. The topological polar surface area (TPSA) is 18.5 Å². The molecule has 0 aliphatic carbocycles. The van der Waals surface area contributed by atoms with Crippen molar-refractivity contribution in [2.45, 2.75) is 0 Å². The second-order valence-electron chi connectivity index (χ2n) is 5.99. The van der Waals surface area contributed by atoms with Gasteiger partial charge in [0.25, 0.3) is 0 Å². The lowest BCUT2D eigenvalue weighted by Gasteiger charge is -2.22. The second kappa shape index (κ2) is 8.12. The van der Waals surface area contributed by atoms with Crippen LogP contribution in [0.25, 0.3) is 10.8 Å². The minimum Gasteiger partial charge on any atom is -0.496 e. The number of para-hydroxylation sites is 1. The highest BCUT2D eigenvalue weighted by Gasteiger charge is 2.22. The van der Waals surface area contributed by atoms with Crippen LogP contribution in [0.5, 0.6) is 11.5 Å². The Morgan fingerprint density at radius 1 is 0.704 bits per heavy atom. The summed E-state index contributed by atoms with van der Waals surface area (Å²) in [4.78, 5) is 0. The minimum atomic E-state index is -1.08. The zero-order chi connectivity index (χ0) is 18.6. The van der Waals surface area contributed by atoms with E-state index < -0.39 is 8.15 Å². The van der Waals surface area contributed by atoms with Crippen LogP contribution < -0.4 is 19.9 Å². The predicted molar refractivity (Wildman–Crippen MR) is 118 cm³/mol. The summed E-state index contributed by atoms with van der Waals surface area (Å²) in [5.41, 5.74) is 0. The summed E-state index contributed by atoms with van der Waals surface area (Å²) < 4.78 is 13.2. The zero-order valence-corrected chi connectivity index (χ0v) is 17.3. The number of ether oxygens (including phenoxy) is 1. The number of hydrogen-bond donors (Lipinski definition) is 0. The molecule has 4 rings (SSSR count). The van der Waals surface area contributed by atoms with Crippen molar-refractivity contribution in [3.05, 3.63) is 95.5 Å². The molecule has 0 saturated carbocycles. The molecule has 1 unspecified atom stereocenters. The molecule has 0 aliphatic heterocycles. The summed E-state index contributed by atoms with van der Waals surface area (Å²) in [5.74, 6) is 1.67. The van der Waals surface area contributed by atoms with Gasteiger partial charge in [0.2, 0.25) is 0 Å². The van der Waals surface area contributed by atoms with E-state index in [1.54, 1.807) is 7.11 Å². The molecule has 0 spiro atoms. The van der Waals surface area contributed by atoms with E-state index in [1.165, 1.54) is 5.39 Å². The van der Waals surface area contributed by atoms with Crippen molar-refractivity contribution in [1.29, 1.82) is 0 Å². The normalized spacial score (nSPS) is 11.9. The minimum absolute atomic E-state index is 0.828. The van der Waals surface area contributed by atoms with E-state index in [1.807, 2.05) is 54.6 Å². The van der Waals surface area contributed by atoms with Crippen molar-refractivity contribution in [2.24, 2.45) is 0 Å². The van der Waals surface area contributed by atoms with Crippen molar-refractivity contribution >= 4 is 45.5 Å². The number of fused-ring (bicyclic) bond motifs is 1. The number of benzene rings is 4. The first-order valence-electron chi connectivity index (χ1n) is 8.61. The van der Waals surface area contributed by atoms with Crippen molar-refractivity contribution in [2.75, 3.05) is 7.11 Å². The van der Waals surface area contributed by atoms with Gasteiger partial charge < -0.3 is 9.26 Å². The molecule has 4 aromatic rings. The maximum atomic E-state index is 6.61.